The van der Waals surface area contributed by atoms with Crippen molar-refractivity contribution < 1.29 is 9.18 Å². The molecular weight excluding hydrogens is 391 g/mol. The lowest BCUT2D eigenvalue weighted by Crippen LogP contribution is -2.41. The minimum absolute atomic E-state index is 0.0988. The van der Waals surface area contributed by atoms with Crippen molar-refractivity contribution in [1.82, 2.24) is 19.7 Å². The van der Waals surface area contributed by atoms with Crippen LogP contribution < -0.4 is 0 Å². The van der Waals surface area contributed by atoms with Gasteiger partial charge in [-0.25, -0.2) is 4.39 Å². The van der Waals surface area contributed by atoms with Crippen LogP contribution in [-0.2, 0) is 11.3 Å². The average molecular weight is 421 g/mol. The van der Waals surface area contributed by atoms with Gasteiger partial charge >= 0.3 is 0 Å². The van der Waals surface area contributed by atoms with Crippen molar-refractivity contribution in [2.45, 2.75) is 53.0 Å². The second-order valence-corrected chi connectivity index (χ2v) is 8.56. The Morgan fingerprint density at radius 2 is 1.84 bits per heavy atom. The van der Waals surface area contributed by atoms with Crippen LogP contribution in [0.3, 0.4) is 0 Å². The van der Waals surface area contributed by atoms with E-state index >= 15 is 0 Å². The number of pyridine rings is 1. The molecule has 1 saturated heterocycles. The fourth-order valence-corrected chi connectivity index (χ4v) is 4.33. The second kappa shape index (κ2) is 8.61. The van der Waals surface area contributed by atoms with Gasteiger partial charge in [0.2, 0.25) is 5.91 Å². The fraction of sp³-hybridized carbons (Fsp3) is 0.400. The number of halogens is 1. The van der Waals surface area contributed by atoms with Crippen LogP contribution in [0.25, 0.3) is 11.1 Å². The molecular formula is C25H29FN4O. The zero-order valence-corrected chi connectivity index (χ0v) is 18.7. The summed E-state index contributed by atoms with van der Waals surface area (Å²) in [4.78, 5) is 19.7. The average Bonchev–Trinajstić information content (AvgIpc) is 3.00. The quantitative estimate of drug-likeness (QED) is 0.613. The van der Waals surface area contributed by atoms with E-state index in [1.807, 2.05) is 43.3 Å². The van der Waals surface area contributed by atoms with Crippen molar-refractivity contribution in [1.29, 1.82) is 0 Å². The molecule has 0 saturated carbocycles. The van der Waals surface area contributed by atoms with Gasteiger partial charge in [-0.2, -0.15) is 5.10 Å². The number of aryl methyl sites for hydroxylation is 2. The molecule has 0 aliphatic carbocycles. The number of carbonyl (C=O) groups is 1. The van der Waals surface area contributed by atoms with E-state index in [2.05, 4.69) is 11.2 Å². The molecule has 0 N–H and O–H groups in total. The molecule has 1 unspecified atom stereocenters. The predicted molar refractivity (Wildman–Crippen MR) is 119 cm³/mol. The van der Waals surface area contributed by atoms with E-state index in [4.69, 9.17) is 4.98 Å². The Balaban J connectivity index is 1.52. The van der Waals surface area contributed by atoms with Crippen LogP contribution >= 0.6 is 0 Å². The minimum Gasteiger partial charge on any atom is -0.340 e. The zero-order chi connectivity index (χ0) is 22.1. The van der Waals surface area contributed by atoms with E-state index in [1.54, 1.807) is 12.1 Å². The third kappa shape index (κ3) is 4.53. The van der Waals surface area contributed by atoms with Crippen molar-refractivity contribution in [3.63, 3.8) is 0 Å². The van der Waals surface area contributed by atoms with Gasteiger partial charge in [-0.1, -0.05) is 12.1 Å². The monoisotopic (exact) mass is 420 g/mol. The van der Waals surface area contributed by atoms with Gasteiger partial charge in [0.1, 0.15) is 12.4 Å². The highest BCUT2D eigenvalue weighted by molar-refractivity contribution is 5.76. The largest absolute Gasteiger partial charge is 0.340 e. The highest BCUT2D eigenvalue weighted by Crippen LogP contribution is 2.30. The molecule has 0 bridgehead atoms. The first-order chi connectivity index (χ1) is 14.8. The summed E-state index contributed by atoms with van der Waals surface area (Å²) in [5, 5.41) is 4.51. The molecule has 0 radical (unpaired) electrons. The zero-order valence-electron chi connectivity index (χ0n) is 18.7. The number of aromatic nitrogens is 3. The molecule has 1 amide bonds. The van der Waals surface area contributed by atoms with E-state index < -0.39 is 0 Å². The Bertz CT molecular complexity index is 1100. The summed E-state index contributed by atoms with van der Waals surface area (Å²) in [6, 6.07) is 10.7. The van der Waals surface area contributed by atoms with Crippen molar-refractivity contribution in [2.24, 2.45) is 0 Å². The van der Waals surface area contributed by atoms with E-state index in [0.717, 1.165) is 58.9 Å². The van der Waals surface area contributed by atoms with Crippen LogP contribution in [0.15, 0.2) is 36.4 Å². The molecule has 6 heteroatoms. The molecule has 1 aromatic carbocycles. The highest BCUT2D eigenvalue weighted by Gasteiger charge is 2.27. The van der Waals surface area contributed by atoms with Crippen LogP contribution in [0.1, 0.15) is 47.1 Å². The summed E-state index contributed by atoms with van der Waals surface area (Å²) in [5.74, 6) is 0.0506. The molecule has 3 aromatic rings. The SMILES string of the molecule is Cc1cc(-c2ccc(F)cc2)cc(C2CCCN(C(=O)Cn3nc(C)c(C)c3C)C2)n1. The van der Waals surface area contributed by atoms with Crippen LogP contribution in [0, 0.1) is 33.5 Å². The van der Waals surface area contributed by atoms with Crippen LogP contribution in [0.2, 0.25) is 0 Å². The van der Waals surface area contributed by atoms with Gasteiger partial charge in [-0.05, 0) is 81.5 Å². The molecule has 162 valence electrons. The van der Waals surface area contributed by atoms with Crippen molar-refractivity contribution in [2.75, 3.05) is 13.1 Å². The molecule has 5 nitrogen and oxygen atoms in total. The first-order valence-electron chi connectivity index (χ1n) is 10.8. The maximum Gasteiger partial charge on any atom is 0.244 e. The number of amides is 1. The maximum absolute atomic E-state index is 13.3. The summed E-state index contributed by atoms with van der Waals surface area (Å²) in [5.41, 5.74) is 7.09. The molecule has 2 aromatic heterocycles. The number of rotatable bonds is 4. The second-order valence-electron chi connectivity index (χ2n) is 8.56. The van der Waals surface area contributed by atoms with E-state index in [9.17, 15) is 9.18 Å². The van der Waals surface area contributed by atoms with Gasteiger partial charge in [-0.15, -0.1) is 0 Å². The Kier molecular flexibility index (Phi) is 5.90. The molecule has 1 atom stereocenters. The number of hydrogen-bond donors (Lipinski definition) is 0. The topological polar surface area (TPSA) is 51.0 Å². The molecule has 1 fully saturated rings. The third-order valence-corrected chi connectivity index (χ3v) is 6.37. The lowest BCUT2D eigenvalue weighted by molar-refractivity contribution is -0.133. The predicted octanol–water partition coefficient (Wildman–Crippen LogP) is 4.72. The molecule has 4 rings (SSSR count). The Labute approximate surface area is 182 Å². The highest BCUT2D eigenvalue weighted by atomic mass is 19.1. The summed E-state index contributed by atoms with van der Waals surface area (Å²) < 4.78 is 15.1. The smallest absolute Gasteiger partial charge is 0.244 e. The summed E-state index contributed by atoms with van der Waals surface area (Å²) in [6.07, 6.45) is 1.95. The van der Waals surface area contributed by atoms with Gasteiger partial charge in [0.25, 0.3) is 0 Å². The number of piperidine rings is 1. The van der Waals surface area contributed by atoms with Crippen LogP contribution in [0.4, 0.5) is 4.39 Å². The minimum atomic E-state index is -0.242. The standard InChI is InChI=1S/C25H29FN4O/c1-16-12-22(20-7-9-23(26)10-8-20)13-24(27-16)21-6-5-11-29(14-21)25(31)15-30-19(4)17(2)18(3)28-30/h7-10,12-13,21H,5-6,11,14-15H2,1-4H3. The maximum atomic E-state index is 13.3. The van der Waals surface area contributed by atoms with E-state index in [1.165, 1.54) is 12.1 Å². The third-order valence-electron chi connectivity index (χ3n) is 6.37. The number of carbonyl (C=O) groups excluding carboxylic acids is 1. The molecule has 1 aliphatic rings. The normalized spacial score (nSPS) is 16.5. The van der Waals surface area contributed by atoms with Crippen LogP contribution in [-0.4, -0.2) is 38.7 Å². The first-order valence-corrected chi connectivity index (χ1v) is 10.8. The Morgan fingerprint density at radius 1 is 1.10 bits per heavy atom. The van der Waals surface area contributed by atoms with Gasteiger partial charge in [0.15, 0.2) is 0 Å². The van der Waals surface area contributed by atoms with Gasteiger partial charge < -0.3 is 4.90 Å². The number of benzene rings is 1. The van der Waals surface area contributed by atoms with Crippen LogP contribution in [0.5, 0.6) is 0 Å². The van der Waals surface area contributed by atoms with Crippen molar-refractivity contribution in [3.8, 4) is 11.1 Å². The van der Waals surface area contributed by atoms with Crippen molar-refractivity contribution in [3.05, 3.63) is 70.6 Å². The molecule has 0 spiro atoms. The number of likely N-dealkylation sites (tertiary alicyclic amines) is 1. The Hall–Kier alpha value is -3.02. The molecule has 31 heavy (non-hydrogen) atoms. The van der Waals surface area contributed by atoms with Crippen molar-refractivity contribution >= 4 is 5.91 Å². The lowest BCUT2D eigenvalue weighted by Gasteiger charge is -2.33. The first kappa shape index (κ1) is 21.2. The summed E-state index contributed by atoms with van der Waals surface area (Å²) in [6.45, 7) is 9.71. The summed E-state index contributed by atoms with van der Waals surface area (Å²) >= 11 is 0. The van der Waals surface area contributed by atoms with Gasteiger partial charge in [0, 0.05) is 36.1 Å². The van der Waals surface area contributed by atoms with E-state index in [0.29, 0.717) is 6.54 Å². The number of hydrogen-bond acceptors (Lipinski definition) is 3. The van der Waals surface area contributed by atoms with Gasteiger partial charge in [0.05, 0.1) is 5.69 Å². The lowest BCUT2D eigenvalue weighted by atomic mass is 9.92. The molecule has 3 heterocycles. The van der Waals surface area contributed by atoms with E-state index in [-0.39, 0.29) is 24.2 Å². The molecule has 1 aliphatic heterocycles. The van der Waals surface area contributed by atoms with Gasteiger partial charge in [-0.3, -0.25) is 14.5 Å². The number of nitrogens with zero attached hydrogens (tertiary/aromatic N) is 4. The Morgan fingerprint density at radius 3 is 2.52 bits per heavy atom. The summed E-state index contributed by atoms with van der Waals surface area (Å²) in [7, 11) is 0. The fourth-order valence-electron chi connectivity index (χ4n) is 4.33.